The quantitative estimate of drug-likeness (QED) is 0.141. The number of hydrogen-bond acceptors (Lipinski definition) is 8. The third-order valence-corrected chi connectivity index (χ3v) is 8.40. The van der Waals surface area contributed by atoms with Crippen molar-refractivity contribution in [1.29, 1.82) is 0 Å². The summed E-state index contributed by atoms with van der Waals surface area (Å²) in [7, 11) is -8.53. The second-order valence-electron chi connectivity index (χ2n) is 8.66. The Morgan fingerprint density at radius 2 is 1.15 bits per heavy atom. The third kappa shape index (κ3) is 8.67. The standard InChI is InChI=1S/C27H35F2N4O6S2/c1-5-30(6-2)26-15-11-22(18-32(26)40(36,37)20-28)9-13-24(34)17-25(35)14-10-23-12-16-27(31(7-3)8-4)33(19-23)41(38,39)21-29/h9-19H,5-8,20-21H2,1-4H3/q+1/p+1/b13-9+,14-10+. The maximum absolute atomic E-state index is 13.3. The molecule has 0 spiro atoms. The van der Waals surface area contributed by atoms with E-state index in [2.05, 4.69) is 0 Å². The summed E-state index contributed by atoms with van der Waals surface area (Å²) in [5.74, 6) is -0.508. The van der Waals surface area contributed by atoms with Gasteiger partial charge >= 0.3 is 20.0 Å². The molecule has 2 rings (SSSR count). The number of alkyl halides is 2. The summed E-state index contributed by atoms with van der Waals surface area (Å²) in [4.78, 5) is 15.9. The molecule has 41 heavy (non-hydrogen) atoms. The van der Waals surface area contributed by atoms with E-state index >= 15 is 0 Å². The highest BCUT2D eigenvalue weighted by Crippen LogP contribution is 2.14. The molecule has 14 heteroatoms. The van der Waals surface area contributed by atoms with Crippen LogP contribution in [0.5, 0.6) is 0 Å². The van der Waals surface area contributed by atoms with E-state index in [9.17, 15) is 35.5 Å². The van der Waals surface area contributed by atoms with Crippen LogP contribution in [0, 0.1) is 0 Å². The normalized spacial score (nSPS) is 12.8. The molecule has 10 nitrogen and oxygen atoms in total. The Hall–Kier alpha value is -3.65. The van der Waals surface area contributed by atoms with E-state index in [-0.39, 0.29) is 11.6 Å². The molecule has 2 aromatic rings. The molecule has 0 saturated carbocycles. The molecule has 224 valence electrons. The molecule has 0 saturated heterocycles. The van der Waals surface area contributed by atoms with Crippen molar-refractivity contribution in [2.24, 2.45) is 0 Å². The molecule has 0 radical (unpaired) electrons. The van der Waals surface area contributed by atoms with Crippen LogP contribution in [0.25, 0.3) is 12.2 Å². The smallest absolute Gasteiger partial charge is 0.334 e. The van der Waals surface area contributed by atoms with Gasteiger partial charge in [-0.25, -0.2) is 8.78 Å². The van der Waals surface area contributed by atoms with E-state index < -0.39 is 43.6 Å². The van der Waals surface area contributed by atoms with Gasteiger partial charge in [-0.05, 0) is 64.1 Å². The molecular weight excluding hydrogens is 578 g/mol. The summed E-state index contributed by atoms with van der Waals surface area (Å²) in [6.07, 6.45) is 8.28. The molecule has 2 heterocycles. The van der Waals surface area contributed by atoms with Gasteiger partial charge in [0.05, 0.1) is 26.2 Å². The third-order valence-electron chi connectivity index (χ3n) is 6.06. The lowest BCUT2D eigenvalue weighted by Gasteiger charge is -2.16. The summed E-state index contributed by atoms with van der Waals surface area (Å²) < 4.78 is 77.6. The van der Waals surface area contributed by atoms with Crippen molar-refractivity contribution in [2.45, 2.75) is 27.7 Å². The predicted octanol–water partition coefficient (Wildman–Crippen LogP) is 2.90. The summed E-state index contributed by atoms with van der Waals surface area (Å²) in [5.41, 5.74) is 0.634. The zero-order valence-corrected chi connectivity index (χ0v) is 25.1. The fraction of sp³-hybridized carbons (Fsp3) is 0.370. The first-order valence-electron chi connectivity index (χ1n) is 12.9. The lowest BCUT2D eigenvalue weighted by molar-refractivity contribution is -0.498. The number of hydrogen-bond donors (Lipinski definition) is 1. The van der Waals surface area contributed by atoms with E-state index in [1.165, 1.54) is 42.8 Å². The summed E-state index contributed by atoms with van der Waals surface area (Å²) in [5, 5.41) is 10.2. The van der Waals surface area contributed by atoms with Gasteiger partial charge in [0.15, 0.2) is 5.78 Å². The zero-order chi connectivity index (χ0) is 30.8. The monoisotopic (exact) mass is 614 g/mol. The molecule has 0 amide bonds. The number of aliphatic hydroxyl groups excluding tert-OH is 1. The van der Waals surface area contributed by atoms with Crippen LogP contribution in [0.2, 0.25) is 0 Å². The zero-order valence-electron chi connectivity index (χ0n) is 23.4. The van der Waals surface area contributed by atoms with Gasteiger partial charge in [0, 0.05) is 29.3 Å². The van der Waals surface area contributed by atoms with Gasteiger partial charge < -0.3 is 5.11 Å². The molecule has 1 N–H and O–H groups in total. The van der Waals surface area contributed by atoms with Gasteiger partial charge in [-0.1, -0.05) is 0 Å². The molecule has 0 aliphatic rings. The molecule has 0 aliphatic carbocycles. The topological polar surface area (TPSA) is 120 Å². The number of aliphatic hydroxyl groups is 1. The maximum atomic E-state index is 13.3. The van der Waals surface area contributed by atoms with Gasteiger partial charge in [0.25, 0.3) is 11.6 Å². The van der Waals surface area contributed by atoms with E-state index in [0.29, 0.717) is 37.3 Å². The van der Waals surface area contributed by atoms with Gasteiger partial charge in [-0.2, -0.15) is 16.8 Å². The van der Waals surface area contributed by atoms with E-state index in [1.807, 2.05) is 27.7 Å². The highest BCUT2D eigenvalue weighted by atomic mass is 32.2. The van der Waals surface area contributed by atoms with Gasteiger partial charge in [-0.3, -0.25) is 14.6 Å². The Morgan fingerprint density at radius 3 is 1.51 bits per heavy atom. The number of halogens is 2. The molecule has 0 fully saturated rings. The average molecular weight is 615 g/mol. The number of allylic oxidation sites excluding steroid dienone is 3. The number of anilines is 2. The number of nitrogens with zero attached hydrogens (tertiary/aromatic N) is 4. The van der Waals surface area contributed by atoms with Crippen molar-refractivity contribution < 1.29 is 43.5 Å². The van der Waals surface area contributed by atoms with Gasteiger partial charge in [0.1, 0.15) is 18.2 Å². The maximum Gasteiger partial charge on any atom is 0.334 e. The van der Waals surface area contributed by atoms with Gasteiger partial charge in [0.2, 0.25) is 12.0 Å². The molecule has 0 bridgehead atoms. The number of ketones is 1. The number of carbonyl (C=O) groups excluding carboxylic acids is 1. The van der Waals surface area contributed by atoms with Gasteiger partial charge in [-0.15, -0.1) is 7.94 Å². The van der Waals surface area contributed by atoms with Crippen LogP contribution in [0.3, 0.4) is 0 Å². The number of carbonyl (C=O) groups is 1. The van der Waals surface area contributed by atoms with Crippen LogP contribution >= 0.6 is 0 Å². The average Bonchev–Trinajstić information content (AvgIpc) is 2.96. The van der Waals surface area contributed by atoms with E-state index in [0.717, 1.165) is 20.1 Å². The fourth-order valence-corrected chi connectivity index (χ4v) is 5.61. The minimum atomic E-state index is -4.27. The van der Waals surface area contributed by atoms with Crippen molar-refractivity contribution in [1.82, 2.24) is 0 Å². The minimum absolute atomic E-state index is 0.282. The molecule has 0 atom stereocenters. The van der Waals surface area contributed by atoms with Crippen LogP contribution in [0.1, 0.15) is 38.8 Å². The Balaban J connectivity index is 2.31. The Labute approximate surface area is 240 Å². The van der Waals surface area contributed by atoms with Crippen molar-refractivity contribution in [2.75, 3.05) is 48.0 Å². The highest BCUT2D eigenvalue weighted by Gasteiger charge is 2.28. The van der Waals surface area contributed by atoms with Crippen molar-refractivity contribution >= 4 is 49.6 Å². The number of aromatic nitrogens is 2. The first kappa shape index (κ1) is 33.6. The first-order valence-corrected chi connectivity index (χ1v) is 16.1. The molecule has 0 unspecified atom stereocenters. The summed E-state index contributed by atoms with van der Waals surface area (Å²) in [6, 6.07) is 3.01. The van der Waals surface area contributed by atoms with Crippen LogP contribution in [0.4, 0.5) is 20.4 Å². The SMILES string of the molecule is CCN(CC)c1ccc(/C=C/C(=O)/C=C(O)/C=C/c2ccc(N(CC)CC)[n+](S(=O)(=O)CF)c2)c[n+]1S(=O)(=O)CF. The van der Waals surface area contributed by atoms with Crippen molar-refractivity contribution in [3.63, 3.8) is 0 Å². The van der Waals surface area contributed by atoms with E-state index in [1.54, 1.807) is 21.9 Å². The lowest BCUT2D eigenvalue weighted by atomic mass is 10.2. The Kier molecular flexibility index (Phi) is 12.1. The molecule has 0 aliphatic heterocycles. The van der Waals surface area contributed by atoms with Crippen LogP contribution in [-0.2, 0) is 24.8 Å². The fourth-order valence-electron chi connectivity index (χ4n) is 3.91. The van der Waals surface area contributed by atoms with E-state index in [4.69, 9.17) is 0 Å². The van der Waals surface area contributed by atoms with Crippen LogP contribution in [-0.4, -0.2) is 65.9 Å². The molecule has 0 aromatic carbocycles. The molecular formula is C27H36F2N4O6S2+2. The second kappa shape index (κ2) is 14.8. The summed E-state index contributed by atoms with van der Waals surface area (Å²) >= 11 is 0. The minimum Gasteiger partial charge on any atom is -0.508 e. The second-order valence-corrected chi connectivity index (χ2v) is 12.2. The Morgan fingerprint density at radius 1 is 0.756 bits per heavy atom. The van der Waals surface area contributed by atoms with Crippen molar-refractivity contribution in [3.05, 3.63) is 71.8 Å². The van der Waals surface area contributed by atoms with Crippen molar-refractivity contribution in [3.8, 4) is 0 Å². The number of pyridine rings is 2. The molecule has 2 aromatic heterocycles. The largest absolute Gasteiger partial charge is 0.508 e. The summed E-state index contributed by atoms with van der Waals surface area (Å²) in [6.45, 7) is 9.33. The Bertz CT molecular complexity index is 1530. The predicted molar refractivity (Wildman–Crippen MR) is 155 cm³/mol. The lowest BCUT2D eigenvalue weighted by Crippen LogP contribution is -2.49. The van der Waals surface area contributed by atoms with Crippen LogP contribution < -0.4 is 17.7 Å². The highest BCUT2D eigenvalue weighted by molar-refractivity contribution is 7.85. The number of rotatable bonds is 15. The first-order chi connectivity index (χ1) is 19.4. The van der Waals surface area contributed by atoms with Crippen LogP contribution in [0.15, 0.2) is 60.6 Å².